The SMILES string of the molecule is [NH3+][C@@H](c1ccc(Cl)cc1)c1ccc(OC(F)F)cc1. The summed E-state index contributed by atoms with van der Waals surface area (Å²) in [5, 5.41) is 0.664. The van der Waals surface area contributed by atoms with Gasteiger partial charge in [0.05, 0.1) is 0 Å². The Bertz CT molecular complexity index is 528. The maximum Gasteiger partial charge on any atom is 0.387 e. The van der Waals surface area contributed by atoms with Crippen molar-refractivity contribution in [3.8, 4) is 5.75 Å². The molecule has 0 amide bonds. The second-order valence-electron chi connectivity index (χ2n) is 4.05. The van der Waals surface area contributed by atoms with Crippen molar-refractivity contribution in [3.63, 3.8) is 0 Å². The highest BCUT2D eigenvalue weighted by atomic mass is 35.5. The van der Waals surface area contributed by atoms with Gasteiger partial charge in [0.25, 0.3) is 0 Å². The van der Waals surface area contributed by atoms with Crippen molar-refractivity contribution in [2.45, 2.75) is 12.7 Å². The average molecular weight is 285 g/mol. The van der Waals surface area contributed by atoms with Gasteiger partial charge in [-0.25, -0.2) is 0 Å². The van der Waals surface area contributed by atoms with E-state index in [9.17, 15) is 8.78 Å². The van der Waals surface area contributed by atoms with Crippen molar-refractivity contribution in [2.75, 3.05) is 0 Å². The summed E-state index contributed by atoms with van der Waals surface area (Å²) in [4.78, 5) is 0. The maximum atomic E-state index is 12.0. The minimum atomic E-state index is -2.81. The van der Waals surface area contributed by atoms with Crippen LogP contribution in [0.3, 0.4) is 0 Å². The lowest BCUT2D eigenvalue weighted by Crippen LogP contribution is -2.53. The largest absolute Gasteiger partial charge is 0.435 e. The molecule has 100 valence electrons. The van der Waals surface area contributed by atoms with Gasteiger partial charge in [0.15, 0.2) is 0 Å². The monoisotopic (exact) mass is 284 g/mol. The molecule has 2 nitrogen and oxygen atoms in total. The minimum absolute atomic E-state index is 0.0853. The first-order chi connectivity index (χ1) is 9.06. The quantitative estimate of drug-likeness (QED) is 0.919. The van der Waals surface area contributed by atoms with Crippen LogP contribution in [0.25, 0.3) is 0 Å². The summed E-state index contributed by atoms with van der Waals surface area (Å²) >= 11 is 5.82. The Morgan fingerprint density at radius 1 is 0.895 bits per heavy atom. The predicted octanol–water partition coefficient (Wildman–Crippen LogP) is 3.27. The molecule has 0 radical (unpaired) electrons. The van der Waals surface area contributed by atoms with Crippen LogP contribution in [0.1, 0.15) is 17.2 Å². The molecule has 0 aliphatic heterocycles. The molecule has 0 bridgehead atoms. The molecule has 1 atom stereocenters. The number of rotatable bonds is 4. The van der Waals surface area contributed by atoms with E-state index in [0.717, 1.165) is 11.1 Å². The second-order valence-corrected chi connectivity index (χ2v) is 4.49. The molecule has 0 saturated heterocycles. The molecule has 0 fully saturated rings. The Hall–Kier alpha value is -1.65. The Morgan fingerprint density at radius 3 is 1.84 bits per heavy atom. The molecule has 3 N–H and O–H groups in total. The second kappa shape index (κ2) is 5.99. The van der Waals surface area contributed by atoms with E-state index in [4.69, 9.17) is 11.6 Å². The Balaban J connectivity index is 2.15. The van der Waals surface area contributed by atoms with E-state index < -0.39 is 6.61 Å². The van der Waals surface area contributed by atoms with Gasteiger partial charge in [0, 0.05) is 16.1 Å². The maximum absolute atomic E-state index is 12.0. The van der Waals surface area contributed by atoms with Crippen molar-refractivity contribution in [1.29, 1.82) is 0 Å². The zero-order valence-corrected chi connectivity index (χ0v) is 10.8. The van der Waals surface area contributed by atoms with Gasteiger partial charge in [-0.2, -0.15) is 8.78 Å². The molecule has 0 aliphatic carbocycles. The molecule has 0 heterocycles. The third-order valence-electron chi connectivity index (χ3n) is 2.78. The van der Waals surface area contributed by atoms with E-state index in [1.807, 2.05) is 12.1 Å². The van der Waals surface area contributed by atoms with Crippen LogP contribution in [0.4, 0.5) is 8.78 Å². The Kier molecular flexibility index (Phi) is 4.35. The molecule has 2 aromatic rings. The van der Waals surface area contributed by atoms with Crippen LogP contribution in [-0.4, -0.2) is 6.61 Å². The minimum Gasteiger partial charge on any atom is -0.435 e. The van der Waals surface area contributed by atoms with E-state index in [1.54, 1.807) is 24.3 Å². The van der Waals surface area contributed by atoms with Crippen molar-refractivity contribution < 1.29 is 19.3 Å². The standard InChI is InChI=1S/C14H12ClF2NO/c15-11-5-1-9(2-6-11)13(18)10-3-7-12(8-4-10)19-14(16)17/h1-8,13-14H,18H2/p+1/t13-/m0/s1. The van der Waals surface area contributed by atoms with Gasteiger partial charge >= 0.3 is 6.61 Å². The molecule has 0 aliphatic rings. The van der Waals surface area contributed by atoms with E-state index in [-0.39, 0.29) is 11.8 Å². The first-order valence-corrected chi connectivity index (χ1v) is 6.07. The van der Waals surface area contributed by atoms with Crippen molar-refractivity contribution in [1.82, 2.24) is 0 Å². The summed E-state index contributed by atoms with van der Waals surface area (Å²) in [6.45, 7) is -2.81. The lowest BCUT2D eigenvalue weighted by Gasteiger charge is -2.10. The molecule has 0 aromatic heterocycles. The van der Waals surface area contributed by atoms with Gasteiger partial charge in [-0.05, 0) is 36.4 Å². The highest BCUT2D eigenvalue weighted by Crippen LogP contribution is 2.22. The number of alkyl halides is 2. The molecule has 0 spiro atoms. The normalized spacial score (nSPS) is 12.5. The molecular formula is C14H13ClF2NO+. The number of hydrogen-bond acceptors (Lipinski definition) is 1. The number of benzene rings is 2. The highest BCUT2D eigenvalue weighted by molar-refractivity contribution is 6.30. The lowest BCUT2D eigenvalue weighted by molar-refractivity contribution is -0.411. The summed E-state index contributed by atoms with van der Waals surface area (Å²) in [7, 11) is 0. The summed E-state index contributed by atoms with van der Waals surface area (Å²) in [5.74, 6) is 0.141. The van der Waals surface area contributed by atoms with Crippen LogP contribution in [0.2, 0.25) is 5.02 Å². The van der Waals surface area contributed by atoms with Crippen molar-refractivity contribution in [2.24, 2.45) is 0 Å². The molecule has 2 rings (SSSR count). The molecule has 2 aromatic carbocycles. The van der Waals surface area contributed by atoms with Crippen LogP contribution in [-0.2, 0) is 0 Å². The van der Waals surface area contributed by atoms with Gasteiger partial charge in [-0.3, -0.25) is 0 Å². The zero-order chi connectivity index (χ0) is 13.8. The molecule has 0 unspecified atom stereocenters. The fraction of sp³-hybridized carbons (Fsp3) is 0.143. The van der Waals surface area contributed by atoms with Crippen LogP contribution in [0.5, 0.6) is 5.75 Å². The highest BCUT2D eigenvalue weighted by Gasteiger charge is 2.13. The van der Waals surface area contributed by atoms with Crippen molar-refractivity contribution in [3.05, 3.63) is 64.7 Å². The van der Waals surface area contributed by atoms with Gasteiger partial charge in [-0.15, -0.1) is 0 Å². The molecule has 0 saturated carbocycles. The fourth-order valence-corrected chi connectivity index (χ4v) is 1.90. The third kappa shape index (κ3) is 3.66. The van der Waals surface area contributed by atoms with Gasteiger partial charge < -0.3 is 10.5 Å². The van der Waals surface area contributed by atoms with Crippen LogP contribution >= 0.6 is 11.6 Å². The van der Waals surface area contributed by atoms with Gasteiger partial charge in [0.1, 0.15) is 11.8 Å². The van der Waals surface area contributed by atoms with Crippen LogP contribution in [0, 0.1) is 0 Å². The summed E-state index contributed by atoms with van der Waals surface area (Å²) in [6.07, 6.45) is 0. The Labute approximate surface area is 114 Å². The lowest BCUT2D eigenvalue weighted by atomic mass is 10.00. The van der Waals surface area contributed by atoms with Crippen LogP contribution in [0.15, 0.2) is 48.5 Å². The first kappa shape index (κ1) is 13.8. The van der Waals surface area contributed by atoms with E-state index in [2.05, 4.69) is 10.5 Å². The first-order valence-electron chi connectivity index (χ1n) is 5.69. The average Bonchev–Trinajstić information content (AvgIpc) is 2.39. The van der Waals surface area contributed by atoms with E-state index >= 15 is 0 Å². The van der Waals surface area contributed by atoms with Gasteiger partial charge in [-0.1, -0.05) is 23.7 Å². The summed E-state index contributed by atoms with van der Waals surface area (Å²) in [5.41, 5.74) is 5.99. The number of hydrogen-bond donors (Lipinski definition) is 1. The molecular weight excluding hydrogens is 272 g/mol. The number of ether oxygens (including phenoxy) is 1. The molecule has 19 heavy (non-hydrogen) atoms. The van der Waals surface area contributed by atoms with Crippen LogP contribution < -0.4 is 10.5 Å². The Morgan fingerprint density at radius 2 is 1.37 bits per heavy atom. The van der Waals surface area contributed by atoms with E-state index in [0.29, 0.717) is 5.02 Å². The molecule has 5 heteroatoms. The van der Waals surface area contributed by atoms with Crippen molar-refractivity contribution >= 4 is 11.6 Å². The third-order valence-corrected chi connectivity index (χ3v) is 3.03. The number of quaternary nitrogens is 1. The van der Waals surface area contributed by atoms with Gasteiger partial charge in [0.2, 0.25) is 0 Å². The number of halogens is 3. The summed E-state index contributed by atoms with van der Waals surface area (Å²) < 4.78 is 28.4. The summed E-state index contributed by atoms with van der Waals surface area (Å²) in [6, 6.07) is 13.8. The topological polar surface area (TPSA) is 36.9 Å². The predicted molar refractivity (Wildman–Crippen MR) is 69.3 cm³/mol. The zero-order valence-electron chi connectivity index (χ0n) is 10.0. The fourth-order valence-electron chi connectivity index (χ4n) is 1.77. The van der Waals surface area contributed by atoms with E-state index in [1.165, 1.54) is 12.1 Å². The smallest absolute Gasteiger partial charge is 0.387 e.